The molecule has 1 aromatic carbocycles. The van der Waals surface area contributed by atoms with Crippen LogP contribution in [0.2, 0.25) is 5.02 Å². The van der Waals surface area contributed by atoms with Crippen LogP contribution >= 0.6 is 11.6 Å². The van der Waals surface area contributed by atoms with Crippen molar-refractivity contribution in [1.82, 2.24) is 4.90 Å². The zero-order valence-electron chi connectivity index (χ0n) is 9.87. The molecule has 1 unspecified atom stereocenters. The van der Waals surface area contributed by atoms with Crippen LogP contribution in [0.5, 0.6) is 0 Å². The maximum Gasteiger partial charge on any atom is 0.141 e. The third-order valence-corrected chi connectivity index (χ3v) is 3.60. The van der Waals surface area contributed by atoms with E-state index in [1.807, 2.05) is 19.0 Å². The predicted molar refractivity (Wildman–Crippen MR) is 65.1 cm³/mol. The SMILES string of the molecule is CN(C)C(c1ccc(F)c(Cl)c1)C1(C#N)CC1. The van der Waals surface area contributed by atoms with Crippen LogP contribution in [0.1, 0.15) is 24.4 Å². The summed E-state index contributed by atoms with van der Waals surface area (Å²) in [4.78, 5) is 2.00. The highest BCUT2D eigenvalue weighted by Crippen LogP contribution is 2.56. The second kappa shape index (κ2) is 4.29. The highest BCUT2D eigenvalue weighted by molar-refractivity contribution is 6.30. The van der Waals surface area contributed by atoms with Crippen LogP contribution in [0.25, 0.3) is 0 Å². The molecule has 1 aromatic rings. The van der Waals surface area contributed by atoms with Gasteiger partial charge >= 0.3 is 0 Å². The van der Waals surface area contributed by atoms with E-state index in [4.69, 9.17) is 11.6 Å². The van der Waals surface area contributed by atoms with Crippen LogP contribution in [0, 0.1) is 22.6 Å². The van der Waals surface area contributed by atoms with Gasteiger partial charge in [-0.25, -0.2) is 4.39 Å². The highest BCUT2D eigenvalue weighted by Gasteiger charge is 2.51. The summed E-state index contributed by atoms with van der Waals surface area (Å²) in [5, 5.41) is 9.39. The Morgan fingerprint density at radius 2 is 2.12 bits per heavy atom. The molecular weight excluding hydrogens is 239 g/mol. The first-order chi connectivity index (χ1) is 8.00. The predicted octanol–water partition coefficient (Wildman–Crippen LogP) is 3.39. The van der Waals surface area contributed by atoms with Gasteiger partial charge in [-0.1, -0.05) is 17.7 Å². The van der Waals surface area contributed by atoms with Gasteiger partial charge < -0.3 is 4.90 Å². The van der Waals surface area contributed by atoms with E-state index < -0.39 is 5.82 Å². The van der Waals surface area contributed by atoms with Gasteiger partial charge in [-0.05, 0) is 44.6 Å². The minimum atomic E-state index is -0.422. The van der Waals surface area contributed by atoms with Crippen molar-refractivity contribution in [2.24, 2.45) is 5.41 Å². The summed E-state index contributed by atoms with van der Waals surface area (Å²) < 4.78 is 13.1. The fraction of sp³-hybridized carbons (Fsp3) is 0.462. The number of halogens is 2. The van der Waals surface area contributed by atoms with Gasteiger partial charge in [0.05, 0.1) is 22.5 Å². The maximum atomic E-state index is 13.1. The van der Waals surface area contributed by atoms with E-state index >= 15 is 0 Å². The standard InChI is InChI=1S/C13H14ClFN2/c1-17(2)12(13(8-16)5-6-13)9-3-4-11(15)10(14)7-9/h3-4,7,12H,5-6H2,1-2H3. The molecule has 0 aliphatic heterocycles. The molecule has 1 aliphatic carbocycles. The van der Waals surface area contributed by atoms with Gasteiger partial charge in [0.2, 0.25) is 0 Å². The van der Waals surface area contributed by atoms with E-state index in [-0.39, 0.29) is 16.5 Å². The lowest BCUT2D eigenvalue weighted by molar-refractivity contribution is 0.232. The topological polar surface area (TPSA) is 27.0 Å². The monoisotopic (exact) mass is 252 g/mol. The van der Waals surface area contributed by atoms with Crippen LogP contribution in [0.3, 0.4) is 0 Å². The summed E-state index contributed by atoms with van der Waals surface area (Å²) in [6, 6.07) is 7.06. The van der Waals surface area contributed by atoms with Crippen molar-refractivity contribution in [2.75, 3.05) is 14.1 Å². The van der Waals surface area contributed by atoms with Gasteiger partial charge in [0.1, 0.15) is 5.82 Å². The maximum absolute atomic E-state index is 13.1. The number of nitrogens with zero attached hydrogens (tertiary/aromatic N) is 2. The van der Waals surface area contributed by atoms with Crippen molar-refractivity contribution in [1.29, 1.82) is 5.26 Å². The third kappa shape index (κ3) is 2.15. The molecule has 2 rings (SSSR count). The summed E-state index contributed by atoms with van der Waals surface area (Å²) >= 11 is 5.80. The van der Waals surface area contributed by atoms with Gasteiger partial charge in [-0.2, -0.15) is 5.26 Å². The number of nitriles is 1. The van der Waals surface area contributed by atoms with Gasteiger partial charge in [0.25, 0.3) is 0 Å². The zero-order valence-corrected chi connectivity index (χ0v) is 10.6. The molecule has 90 valence electrons. The molecule has 0 amide bonds. The summed E-state index contributed by atoms with van der Waals surface area (Å²) in [5.41, 5.74) is 0.574. The van der Waals surface area contributed by atoms with Gasteiger partial charge in [0.15, 0.2) is 0 Å². The summed E-state index contributed by atoms with van der Waals surface area (Å²) in [6.45, 7) is 0. The average molecular weight is 253 g/mol. The van der Waals surface area contributed by atoms with Crippen LogP contribution in [-0.2, 0) is 0 Å². The van der Waals surface area contributed by atoms with Gasteiger partial charge in [0, 0.05) is 0 Å². The molecule has 0 heterocycles. The van der Waals surface area contributed by atoms with Crippen molar-refractivity contribution in [3.63, 3.8) is 0 Å². The lowest BCUT2D eigenvalue weighted by Gasteiger charge is -2.29. The first-order valence-corrected chi connectivity index (χ1v) is 5.90. The number of rotatable bonds is 3. The Kier molecular flexibility index (Phi) is 3.11. The van der Waals surface area contributed by atoms with E-state index in [0.29, 0.717) is 0 Å². The van der Waals surface area contributed by atoms with E-state index in [0.717, 1.165) is 18.4 Å². The van der Waals surface area contributed by atoms with Gasteiger partial charge in [-0.15, -0.1) is 0 Å². The van der Waals surface area contributed by atoms with E-state index in [2.05, 4.69) is 6.07 Å². The molecule has 1 saturated carbocycles. The molecule has 4 heteroatoms. The van der Waals surface area contributed by atoms with E-state index in [1.54, 1.807) is 12.1 Å². The molecule has 17 heavy (non-hydrogen) atoms. The molecule has 0 aromatic heterocycles. The molecule has 1 aliphatic rings. The van der Waals surface area contributed by atoms with Crippen LogP contribution < -0.4 is 0 Å². The largest absolute Gasteiger partial charge is 0.301 e. The molecular formula is C13H14ClFN2. The Bertz CT molecular complexity index is 475. The van der Waals surface area contributed by atoms with Crippen LogP contribution in [0.4, 0.5) is 4.39 Å². The van der Waals surface area contributed by atoms with Crippen molar-refractivity contribution in [3.05, 3.63) is 34.6 Å². The van der Waals surface area contributed by atoms with Crippen LogP contribution in [-0.4, -0.2) is 19.0 Å². The Hall–Kier alpha value is -1.11. The van der Waals surface area contributed by atoms with Crippen LogP contribution in [0.15, 0.2) is 18.2 Å². The molecule has 0 saturated heterocycles. The Morgan fingerprint density at radius 1 is 1.47 bits per heavy atom. The fourth-order valence-electron chi connectivity index (χ4n) is 2.37. The Labute approximate surface area is 106 Å². The quantitative estimate of drug-likeness (QED) is 0.825. The normalized spacial score (nSPS) is 18.8. The fourth-order valence-corrected chi connectivity index (χ4v) is 2.56. The van der Waals surface area contributed by atoms with Crippen molar-refractivity contribution < 1.29 is 4.39 Å². The first-order valence-electron chi connectivity index (χ1n) is 5.53. The lowest BCUT2D eigenvalue weighted by atomic mass is 9.90. The molecule has 0 bridgehead atoms. The second-order valence-corrected chi connectivity index (χ2v) is 5.21. The minimum Gasteiger partial charge on any atom is -0.301 e. The first kappa shape index (κ1) is 12.3. The molecule has 1 atom stereocenters. The number of benzene rings is 1. The summed E-state index contributed by atoms with van der Waals surface area (Å²) in [7, 11) is 3.86. The van der Waals surface area contributed by atoms with Crippen molar-refractivity contribution in [2.45, 2.75) is 18.9 Å². The second-order valence-electron chi connectivity index (χ2n) is 4.81. The molecule has 2 nitrogen and oxygen atoms in total. The summed E-state index contributed by atoms with van der Waals surface area (Å²) in [5.74, 6) is -0.422. The molecule has 0 radical (unpaired) electrons. The Morgan fingerprint density at radius 3 is 2.53 bits per heavy atom. The molecule has 0 spiro atoms. The smallest absolute Gasteiger partial charge is 0.141 e. The minimum absolute atomic E-state index is 0.0226. The third-order valence-electron chi connectivity index (χ3n) is 3.31. The average Bonchev–Trinajstić information content (AvgIpc) is 3.04. The number of hydrogen-bond acceptors (Lipinski definition) is 2. The van der Waals surface area contributed by atoms with Gasteiger partial charge in [-0.3, -0.25) is 0 Å². The molecule has 0 N–H and O–H groups in total. The van der Waals surface area contributed by atoms with Crippen molar-refractivity contribution in [3.8, 4) is 6.07 Å². The molecule has 1 fully saturated rings. The Balaban J connectivity index is 2.41. The van der Waals surface area contributed by atoms with E-state index in [1.165, 1.54) is 6.07 Å². The number of hydrogen-bond donors (Lipinski definition) is 0. The van der Waals surface area contributed by atoms with Crippen molar-refractivity contribution >= 4 is 11.6 Å². The van der Waals surface area contributed by atoms with E-state index in [9.17, 15) is 9.65 Å². The summed E-state index contributed by atoms with van der Waals surface area (Å²) in [6.07, 6.45) is 1.78. The zero-order chi connectivity index (χ0) is 12.6. The highest BCUT2D eigenvalue weighted by atomic mass is 35.5. The lowest BCUT2D eigenvalue weighted by Crippen LogP contribution is -2.28.